The van der Waals surface area contributed by atoms with Crippen LogP contribution in [0.2, 0.25) is 0 Å². The van der Waals surface area contributed by atoms with E-state index in [0.717, 1.165) is 41.3 Å². The molecule has 0 bridgehead atoms. The number of hydrogen-bond acceptors (Lipinski definition) is 8. The summed E-state index contributed by atoms with van der Waals surface area (Å²) in [5.74, 6) is -0.361. The highest BCUT2D eigenvalue weighted by atomic mass is 32.2. The molecule has 1 fully saturated rings. The average Bonchev–Trinajstić information content (AvgIpc) is 3.36. The molecule has 1 amide bonds. The van der Waals surface area contributed by atoms with Crippen molar-refractivity contribution in [3.63, 3.8) is 0 Å². The summed E-state index contributed by atoms with van der Waals surface area (Å²) in [6.07, 6.45) is 3.23. The van der Waals surface area contributed by atoms with Crippen LogP contribution in [0.15, 0.2) is 41.1 Å². The lowest BCUT2D eigenvalue weighted by Crippen LogP contribution is -2.39. The van der Waals surface area contributed by atoms with Crippen LogP contribution in [0.1, 0.15) is 50.8 Å². The number of benzene rings is 1. The molecule has 3 aromatic rings. The fourth-order valence-electron chi connectivity index (χ4n) is 4.43. The maximum atomic E-state index is 14.0. The summed E-state index contributed by atoms with van der Waals surface area (Å²) in [5, 5.41) is 4.80. The first-order chi connectivity index (χ1) is 18.1. The Kier molecular flexibility index (Phi) is 8.71. The van der Waals surface area contributed by atoms with Crippen molar-refractivity contribution in [2.75, 3.05) is 33.5 Å². The molecule has 0 atom stereocenters. The van der Waals surface area contributed by atoms with E-state index >= 15 is 0 Å². The first kappa shape index (κ1) is 28.4. The third-order valence-corrected chi connectivity index (χ3v) is 10.3. The van der Waals surface area contributed by atoms with E-state index in [4.69, 9.17) is 4.74 Å². The number of Topliss-reactive ketones (excluding diaryl/α,β-unsaturated/α-hetero) is 1. The first-order valence-corrected chi connectivity index (χ1v) is 15.8. The van der Waals surface area contributed by atoms with Gasteiger partial charge in [0.25, 0.3) is 0 Å². The number of sulfonamides is 1. The summed E-state index contributed by atoms with van der Waals surface area (Å²) in [6.45, 7) is 2.60. The molecule has 0 radical (unpaired) electrons. The molecule has 0 spiro atoms. The highest BCUT2D eigenvalue weighted by Crippen LogP contribution is 2.50. The molecule has 0 saturated heterocycles. The van der Waals surface area contributed by atoms with Gasteiger partial charge in [0.2, 0.25) is 15.9 Å². The summed E-state index contributed by atoms with van der Waals surface area (Å²) < 4.78 is 30.8. The van der Waals surface area contributed by atoms with Gasteiger partial charge in [0.1, 0.15) is 22.2 Å². The number of thiophene rings is 1. The van der Waals surface area contributed by atoms with Gasteiger partial charge in [-0.3, -0.25) is 9.59 Å². The second-order valence-corrected chi connectivity index (χ2v) is 14.0. The van der Waals surface area contributed by atoms with Gasteiger partial charge >= 0.3 is 0 Å². The number of nitrogens with zero attached hydrogens (tertiary/aromatic N) is 3. The molecular weight excluding hydrogens is 543 g/mol. The standard InChI is InChI=1S/C27H33N3O5S3/c1-19-25(23(31)18-38(33,34)29(2)3)28-24(37-19)16-30(14-5-6-20-11-15-36-17-20)26(32)27(12-13-27)21-7-9-22(35-4)10-8-21/h7-11,15,17H,5-6,12-14,16,18H2,1-4H3. The molecule has 0 aliphatic heterocycles. The summed E-state index contributed by atoms with van der Waals surface area (Å²) in [6, 6.07) is 9.78. The van der Waals surface area contributed by atoms with Crippen molar-refractivity contribution < 1.29 is 22.7 Å². The Hall–Kier alpha value is -2.60. The Morgan fingerprint density at radius 1 is 1.13 bits per heavy atom. The van der Waals surface area contributed by atoms with Crippen LogP contribution >= 0.6 is 22.7 Å². The number of carbonyl (C=O) groups excluding carboxylic acids is 2. The quantitative estimate of drug-likeness (QED) is 0.282. The normalized spacial score (nSPS) is 14.4. The van der Waals surface area contributed by atoms with Crippen LogP contribution < -0.4 is 4.74 Å². The number of aromatic nitrogens is 1. The Morgan fingerprint density at radius 3 is 2.42 bits per heavy atom. The molecule has 204 valence electrons. The van der Waals surface area contributed by atoms with E-state index in [-0.39, 0.29) is 18.1 Å². The van der Waals surface area contributed by atoms with E-state index in [1.807, 2.05) is 29.2 Å². The van der Waals surface area contributed by atoms with Crippen LogP contribution in [0.3, 0.4) is 0 Å². The fraction of sp³-hybridized carbons (Fsp3) is 0.444. The van der Waals surface area contributed by atoms with Crippen LogP contribution in [0.25, 0.3) is 0 Å². The molecule has 1 saturated carbocycles. The SMILES string of the molecule is COc1ccc(C2(C(=O)N(CCCc3ccsc3)Cc3nc(C(=O)CS(=O)(=O)N(C)C)c(C)s3)CC2)cc1. The highest BCUT2D eigenvalue weighted by molar-refractivity contribution is 7.89. The number of ether oxygens (including phenoxy) is 1. The van der Waals surface area contributed by atoms with Crippen LogP contribution in [-0.4, -0.2) is 67.8 Å². The highest BCUT2D eigenvalue weighted by Gasteiger charge is 2.53. The van der Waals surface area contributed by atoms with Crippen molar-refractivity contribution in [1.29, 1.82) is 0 Å². The monoisotopic (exact) mass is 575 g/mol. The van der Waals surface area contributed by atoms with Crippen molar-refractivity contribution in [1.82, 2.24) is 14.2 Å². The summed E-state index contributed by atoms with van der Waals surface area (Å²) in [4.78, 5) is 33.8. The molecule has 4 rings (SSSR count). The molecule has 0 unspecified atom stereocenters. The van der Waals surface area contributed by atoms with Gasteiger partial charge in [-0.05, 0) is 72.7 Å². The molecule has 38 heavy (non-hydrogen) atoms. The number of hydrogen-bond donors (Lipinski definition) is 0. The number of amides is 1. The second-order valence-electron chi connectivity index (χ2n) is 9.75. The minimum absolute atomic E-state index is 0.0592. The van der Waals surface area contributed by atoms with Crippen molar-refractivity contribution >= 4 is 44.4 Å². The Bertz CT molecular complexity index is 1380. The minimum atomic E-state index is -3.69. The smallest absolute Gasteiger partial charge is 0.233 e. The average molecular weight is 576 g/mol. The molecule has 1 aliphatic rings. The minimum Gasteiger partial charge on any atom is -0.497 e. The lowest BCUT2D eigenvalue weighted by molar-refractivity contribution is -0.134. The third-order valence-electron chi connectivity index (χ3n) is 6.86. The van der Waals surface area contributed by atoms with Crippen molar-refractivity contribution in [3.05, 3.63) is 67.8 Å². The molecule has 2 heterocycles. The summed E-state index contributed by atoms with van der Waals surface area (Å²) >= 11 is 2.99. The number of rotatable bonds is 13. The molecule has 1 aliphatic carbocycles. The van der Waals surface area contributed by atoms with Crippen molar-refractivity contribution in [3.8, 4) is 5.75 Å². The van der Waals surface area contributed by atoms with Gasteiger partial charge in [0.15, 0.2) is 5.78 Å². The third kappa shape index (κ3) is 6.33. The number of thiazole rings is 1. The van der Waals surface area contributed by atoms with Crippen LogP contribution in [0, 0.1) is 6.92 Å². The van der Waals surface area contributed by atoms with E-state index in [1.165, 1.54) is 31.0 Å². The zero-order chi connectivity index (χ0) is 27.5. The van der Waals surface area contributed by atoms with Gasteiger partial charge in [-0.1, -0.05) is 12.1 Å². The van der Waals surface area contributed by atoms with E-state index < -0.39 is 27.0 Å². The van der Waals surface area contributed by atoms with Crippen LogP contribution in [0.5, 0.6) is 5.75 Å². The van der Waals surface area contributed by atoms with Gasteiger partial charge < -0.3 is 9.64 Å². The second kappa shape index (κ2) is 11.6. The lowest BCUT2D eigenvalue weighted by atomic mass is 9.94. The molecule has 8 nitrogen and oxygen atoms in total. The summed E-state index contributed by atoms with van der Waals surface area (Å²) in [7, 11) is 0.726. The summed E-state index contributed by atoms with van der Waals surface area (Å²) in [5.41, 5.74) is 1.83. The number of carbonyl (C=O) groups is 2. The molecule has 11 heteroatoms. The van der Waals surface area contributed by atoms with Crippen LogP contribution in [-0.2, 0) is 33.2 Å². The Balaban J connectivity index is 1.55. The van der Waals surface area contributed by atoms with Gasteiger partial charge in [0, 0.05) is 25.5 Å². The molecule has 2 aromatic heterocycles. The van der Waals surface area contributed by atoms with Crippen LogP contribution in [0.4, 0.5) is 0 Å². The van der Waals surface area contributed by atoms with Gasteiger partial charge in [0.05, 0.1) is 19.1 Å². The maximum absolute atomic E-state index is 14.0. The zero-order valence-electron chi connectivity index (χ0n) is 22.1. The van der Waals surface area contributed by atoms with Crippen molar-refractivity contribution in [2.45, 2.75) is 44.6 Å². The Labute approximate surface area is 232 Å². The zero-order valence-corrected chi connectivity index (χ0v) is 24.5. The van der Waals surface area contributed by atoms with E-state index in [1.54, 1.807) is 25.4 Å². The molecule has 1 aromatic carbocycles. The number of aryl methyl sites for hydroxylation is 2. The van der Waals surface area contributed by atoms with E-state index in [2.05, 4.69) is 21.8 Å². The predicted molar refractivity (Wildman–Crippen MR) is 151 cm³/mol. The predicted octanol–water partition coefficient (Wildman–Crippen LogP) is 4.29. The largest absolute Gasteiger partial charge is 0.497 e. The van der Waals surface area contributed by atoms with Gasteiger partial charge in [-0.15, -0.1) is 11.3 Å². The first-order valence-electron chi connectivity index (χ1n) is 12.4. The number of methoxy groups -OCH3 is 1. The van der Waals surface area contributed by atoms with E-state index in [9.17, 15) is 18.0 Å². The van der Waals surface area contributed by atoms with Gasteiger partial charge in [-0.2, -0.15) is 11.3 Å². The van der Waals surface area contributed by atoms with Gasteiger partial charge in [-0.25, -0.2) is 17.7 Å². The lowest BCUT2D eigenvalue weighted by Gasteiger charge is -2.27. The molecular formula is C27H33N3O5S3. The maximum Gasteiger partial charge on any atom is 0.233 e. The molecule has 0 N–H and O–H groups in total. The topological polar surface area (TPSA) is 96.9 Å². The van der Waals surface area contributed by atoms with E-state index in [0.29, 0.717) is 16.4 Å². The van der Waals surface area contributed by atoms with Crippen molar-refractivity contribution in [2.24, 2.45) is 0 Å². The Morgan fingerprint density at radius 2 is 1.84 bits per heavy atom. The number of ketones is 1. The fourth-order valence-corrected chi connectivity index (χ4v) is 6.83.